The van der Waals surface area contributed by atoms with Crippen molar-refractivity contribution in [3.05, 3.63) is 54.0 Å². The molecule has 0 aliphatic heterocycles. The fourth-order valence-electron chi connectivity index (χ4n) is 2.30. The first-order chi connectivity index (χ1) is 10.3. The van der Waals surface area contributed by atoms with E-state index < -0.39 is 0 Å². The van der Waals surface area contributed by atoms with E-state index in [4.69, 9.17) is 16.3 Å². The Hall–Kier alpha value is -2.07. The molecule has 2 aromatic heterocycles. The van der Waals surface area contributed by atoms with Crippen molar-refractivity contribution in [2.24, 2.45) is 0 Å². The largest absolute Gasteiger partial charge is 0.492 e. The van der Waals surface area contributed by atoms with Crippen LogP contribution in [0.1, 0.15) is 11.4 Å². The van der Waals surface area contributed by atoms with Gasteiger partial charge in [-0.05, 0) is 36.8 Å². The fourth-order valence-corrected chi connectivity index (χ4v) is 2.51. The Morgan fingerprint density at radius 2 is 2.14 bits per heavy atom. The predicted octanol–water partition coefficient (Wildman–Crippen LogP) is 3.56. The Morgan fingerprint density at radius 3 is 2.95 bits per heavy atom. The van der Waals surface area contributed by atoms with Crippen molar-refractivity contribution in [1.29, 1.82) is 0 Å². The molecule has 0 unspecified atom stereocenters. The van der Waals surface area contributed by atoms with E-state index in [1.54, 1.807) is 6.20 Å². The average Bonchev–Trinajstić information content (AvgIpc) is 2.86. The fraction of sp³-hybridized carbons (Fsp3) is 0.250. The van der Waals surface area contributed by atoms with E-state index in [-0.39, 0.29) is 0 Å². The SMILES string of the molecule is Cc1cccc(OCCn2c(CCl)nc3cccnc32)c1. The molecule has 0 atom stereocenters. The van der Waals surface area contributed by atoms with Gasteiger partial charge >= 0.3 is 0 Å². The topological polar surface area (TPSA) is 39.9 Å². The molecule has 0 saturated heterocycles. The molecule has 5 heteroatoms. The number of aromatic nitrogens is 3. The van der Waals surface area contributed by atoms with Crippen LogP contribution in [0.2, 0.25) is 0 Å². The molecule has 1 aromatic carbocycles. The molecular weight excluding hydrogens is 286 g/mol. The number of nitrogens with zero attached hydrogens (tertiary/aromatic N) is 3. The Morgan fingerprint density at radius 1 is 1.24 bits per heavy atom. The highest BCUT2D eigenvalue weighted by Gasteiger charge is 2.10. The van der Waals surface area contributed by atoms with E-state index >= 15 is 0 Å². The number of ether oxygens (including phenoxy) is 1. The van der Waals surface area contributed by atoms with Gasteiger partial charge in [0.1, 0.15) is 23.7 Å². The van der Waals surface area contributed by atoms with Gasteiger partial charge < -0.3 is 9.30 Å². The van der Waals surface area contributed by atoms with E-state index in [9.17, 15) is 0 Å². The number of alkyl halides is 1. The van der Waals surface area contributed by atoms with E-state index in [0.717, 1.165) is 22.7 Å². The minimum atomic E-state index is 0.362. The maximum atomic E-state index is 5.97. The summed E-state index contributed by atoms with van der Waals surface area (Å²) in [5, 5.41) is 0. The van der Waals surface area contributed by atoms with Gasteiger partial charge in [-0.2, -0.15) is 0 Å². The molecule has 0 aliphatic rings. The second-order valence-electron chi connectivity index (χ2n) is 4.82. The smallest absolute Gasteiger partial charge is 0.160 e. The van der Waals surface area contributed by atoms with Crippen LogP contribution in [0.25, 0.3) is 11.2 Å². The molecule has 4 nitrogen and oxygen atoms in total. The van der Waals surface area contributed by atoms with Crippen LogP contribution < -0.4 is 4.74 Å². The highest BCUT2D eigenvalue weighted by molar-refractivity contribution is 6.16. The van der Waals surface area contributed by atoms with Gasteiger partial charge in [-0.25, -0.2) is 9.97 Å². The Kier molecular flexibility index (Phi) is 4.06. The van der Waals surface area contributed by atoms with Gasteiger partial charge in [-0.1, -0.05) is 12.1 Å². The summed E-state index contributed by atoms with van der Waals surface area (Å²) in [6, 6.07) is 11.8. The van der Waals surface area contributed by atoms with Crippen molar-refractivity contribution in [2.75, 3.05) is 6.61 Å². The van der Waals surface area contributed by atoms with Crippen LogP contribution in [0, 0.1) is 6.92 Å². The third kappa shape index (κ3) is 3.00. The lowest BCUT2D eigenvalue weighted by Gasteiger charge is -2.09. The Bertz CT molecular complexity index is 754. The molecule has 3 rings (SSSR count). The maximum absolute atomic E-state index is 5.97. The number of halogens is 1. The van der Waals surface area contributed by atoms with E-state index in [1.165, 1.54) is 5.56 Å². The van der Waals surface area contributed by atoms with Crippen LogP contribution in [0.15, 0.2) is 42.6 Å². The number of benzene rings is 1. The maximum Gasteiger partial charge on any atom is 0.160 e. The lowest BCUT2D eigenvalue weighted by atomic mass is 10.2. The standard InChI is InChI=1S/C16H16ClN3O/c1-12-4-2-5-13(10-12)21-9-8-20-15(11-17)19-14-6-3-7-18-16(14)20/h2-7,10H,8-9,11H2,1H3. The van der Waals surface area contributed by atoms with Crippen LogP contribution in [-0.4, -0.2) is 21.1 Å². The predicted molar refractivity (Wildman–Crippen MR) is 83.8 cm³/mol. The molecule has 2 heterocycles. The van der Waals surface area contributed by atoms with Gasteiger partial charge in [-0.15, -0.1) is 11.6 Å². The number of pyridine rings is 1. The van der Waals surface area contributed by atoms with Crippen molar-refractivity contribution in [3.8, 4) is 5.75 Å². The molecule has 21 heavy (non-hydrogen) atoms. The number of rotatable bonds is 5. The normalized spacial score (nSPS) is 11.0. The molecule has 0 bridgehead atoms. The van der Waals surface area contributed by atoms with Crippen LogP contribution in [0.3, 0.4) is 0 Å². The molecule has 0 aliphatic carbocycles. The van der Waals surface area contributed by atoms with Crippen molar-refractivity contribution in [2.45, 2.75) is 19.3 Å². The van der Waals surface area contributed by atoms with E-state index in [0.29, 0.717) is 19.0 Å². The lowest BCUT2D eigenvalue weighted by Crippen LogP contribution is -2.11. The first-order valence-corrected chi connectivity index (χ1v) is 7.37. The van der Waals surface area contributed by atoms with E-state index in [1.807, 2.05) is 47.9 Å². The first kappa shape index (κ1) is 13.9. The first-order valence-electron chi connectivity index (χ1n) is 6.83. The Balaban J connectivity index is 1.75. The summed E-state index contributed by atoms with van der Waals surface area (Å²) in [6.45, 7) is 3.27. The zero-order valence-electron chi connectivity index (χ0n) is 11.8. The summed E-state index contributed by atoms with van der Waals surface area (Å²) < 4.78 is 7.80. The highest BCUT2D eigenvalue weighted by atomic mass is 35.5. The van der Waals surface area contributed by atoms with Gasteiger partial charge in [-0.3, -0.25) is 0 Å². The second kappa shape index (κ2) is 6.14. The molecule has 0 N–H and O–H groups in total. The minimum absolute atomic E-state index is 0.362. The molecule has 0 radical (unpaired) electrons. The summed E-state index contributed by atoms with van der Waals surface area (Å²) in [5.74, 6) is 2.05. The van der Waals surface area contributed by atoms with Gasteiger partial charge in [0.2, 0.25) is 0 Å². The Labute approximate surface area is 128 Å². The number of fused-ring (bicyclic) bond motifs is 1. The van der Waals surface area contributed by atoms with Gasteiger partial charge in [0.25, 0.3) is 0 Å². The highest BCUT2D eigenvalue weighted by Crippen LogP contribution is 2.16. The molecule has 0 fully saturated rings. The van der Waals surface area contributed by atoms with Crippen LogP contribution in [-0.2, 0) is 12.4 Å². The van der Waals surface area contributed by atoms with Crippen LogP contribution >= 0.6 is 11.6 Å². The summed E-state index contributed by atoms with van der Waals surface area (Å²) in [4.78, 5) is 8.86. The van der Waals surface area contributed by atoms with Crippen LogP contribution in [0.5, 0.6) is 5.75 Å². The average molecular weight is 302 g/mol. The van der Waals surface area contributed by atoms with Crippen LogP contribution in [0.4, 0.5) is 0 Å². The molecule has 0 amide bonds. The van der Waals surface area contributed by atoms with Crippen molar-refractivity contribution >= 4 is 22.8 Å². The number of hydrogen-bond acceptors (Lipinski definition) is 3. The van der Waals surface area contributed by atoms with Gasteiger partial charge in [0.15, 0.2) is 5.65 Å². The third-order valence-corrected chi connectivity index (χ3v) is 3.51. The van der Waals surface area contributed by atoms with Gasteiger partial charge in [0, 0.05) is 6.20 Å². The summed E-state index contributed by atoms with van der Waals surface area (Å²) >= 11 is 5.97. The van der Waals surface area contributed by atoms with E-state index in [2.05, 4.69) is 9.97 Å². The lowest BCUT2D eigenvalue weighted by molar-refractivity contribution is 0.298. The number of aryl methyl sites for hydroxylation is 1. The van der Waals surface area contributed by atoms with Crippen molar-refractivity contribution < 1.29 is 4.74 Å². The zero-order valence-corrected chi connectivity index (χ0v) is 12.5. The molecule has 3 aromatic rings. The number of imidazole rings is 1. The monoisotopic (exact) mass is 301 g/mol. The second-order valence-corrected chi connectivity index (χ2v) is 5.09. The van der Waals surface area contributed by atoms with Gasteiger partial charge in [0.05, 0.1) is 12.4 Å². The molecule has 0 saturated carbocycles. The molecule has 108 valence electrons. The quantitative estimate of drug-likeness (QED) is 0.677. The van der Waals surface area contributed by atoms with Crippen molar-refractivity contribution in [1.82, 2.24) is 14.5 Å². The zero-order chi connectivity index (χ0) is 14.7. The summed E-state index contributed by atoms with van der Waals surface area (Å²) in [5.41, 5.74) is 2.90. The number of hydrogen-bond donors (Lipinski definition) is 0. The summed E-state index contributed by atoms with van der Waals surface area (Å²) in [7, 11) is 0. The van der Waals surface area contributed by atoms with Crippen molar-refractivity contribution in [3.63, 3.8) is 0 Å². The summed E-state index contributed by atoms with van der Waals surface area (Å²) in [6.07, 6.45) is 1.76. The third-order valence-electron chi connectivity index (χ3n) is 3.28. The molecule has 0 spiro atoms. The minimum Gasteiger partial charge on any atom is -0.492 e. The molecular formula is C16H16ClN3O.